The van der Waals surface area contributed by atoms with E-state index < -0.39 is 12.6 Å². The summed E-state index contributed by atoms with van der Waals surface area (Å²) in [7, 11) is 0. The normalized spacial score (nSPS) is 9.95. The van der Waals surface area contributed by atoms with Gasteiger partial charge in [0.2, 0.25) is 0 Å². The van der Waals surface area contributed by atoms with E-state index in [1.807, 2.05) is 0 Å². The van der Waals surface area contributed by atoms with Gasteiger partial charge in [-0.2, -0.15) is 0 Å². The van der Waals surface area contributed by atoms with Crippen molar-refractivity contribution in [1.29, 1.82) is 0 Å². The number of aliphatic carboxylic acids is 1. The van der Waals surface area contributed by atoms with Crippen LogP contribution in [0.2, 0.25) is 5.02 Å². The smallest absolute Gasteiger partial charge is 0.341 e. The number of halogens is 1. The summed E-state index contributed by atoms with van der Waals surface area (Å²) >= 11 is 5.89. The molecule has 2 rings (SSSR count). The van der Waals surface area contributed by atoms with Crippen molar-refractivity contribution in [2.24, 2.45) is 0 Å². The molecule has 108 valence electrons. The number of hydrogen-bond donors (Lipinski definition) is 2. The lowest BCUT2D eigenvalue weighted by Crippen LogP contribution is -2.14. The number of carboxylic acid groups (broad SMARTS) is 1. The molecule has 0 aromatic heterocycles. The van der Waals surface area contributed by atoms with Crippen molar-refractivity contribution in [3.63, 3.8) is 0 Å². The third kappa shape index (κ3) is 4.22. The highest BCUT2D eigenvalue weighted by Crippen LogP contribution is 2.28. The van der Waals surface area contributed by atoms with E-state index in [0.29, 0.717) is 16.3 Å². The number of rotatable bonds is 5. The largest absolute Gasteiger partial charge is 0.480 e. The number of amides is 1. The first-order valence-electron chi connectivity index (χ1n) is 6.07. The summed E-state index contributed by atoms with van der Waals surface area (Å²) in [6, 6.07) is 13.2. The maximum atomic E-state index is 12.1. The Balaban J connectivity index is 2.20. The fraction of sp³-hybridized carbons (Fsp3) is 0.0667. The molecule has 0 saturated heterocycles. The lowest BCUT2D eigenvalue weighted by Gasteiger charge is -2.12. The summed E-state index contributed by atoms with van der Waals surface area (Å²) in [4.78, 5) is 22.6. The molecular formula is C15H12ClNO4. The fourth-order valence-corrected chi connectivity index (χ4v) is 1.82. The van der Waals surface area contributed by atoms with Gasteiger partial charge in [-0.05, 0) is 30.3 Å². The van der Waals surface area contributed by atoms with Crippen LogP contribution in [0.25, 0.3) is 0 Å². The van der Waals surface area contributed by atoms with Crippen molar-refractivity contribution in [2.45, 2.75) is 0 Å². The Bertz CT molecular complexity index is 658. The lowest BCUT2D eigenvalue weighted by atomic mass is 10.2. The van der Waals surface area contributed by atoms with Gasteiger partial charge in [0.05, 0.1) is 5.69 Å². The van der Waals surface area contributed by atoms with Gasteiger partial charge in [0, 0.05) is 10.6 Å². The monoisotopic (exact) mass is 305 g/mol. The van der Waals surface area contributed by atoms with Gasteiger partial charge in [-0.15, -0.1) is 0 Å². The molecule has 0 bridgehead atoms. The summed E-state index contributed by atoms with van der Waals surface area (Å²) in [6.07, 6.45) is 0. The molecule has 6 heteroatoms. The quantitative estimate of drug-likeness (QED) is 0.890. The van der Waals surface area contributed by atoms with Crippen LogP contribution in [0.15, 0.2) is 48.5 Å². The number of carboxylic acids is 1. The lowest BCUT2D eigenvalue weighted by molar-refractivity contribution is -0.139. The van der Waals surface area contributed by atoms with E-state index in [9.17, 15) is 9.59 Å². The van der Waals surface area contributed by atoms with Gasteiger partial charge in [-0.1, -0.05) is 29.8 Å². The first-order chi connectivity index (χ1) is 10.1. The minimum atomic E-state index is -1.11. The number of benzene rings is 2. The van der Waals surface area contributed by atoms with E-state index in [1.54, 1.807) is 36.4 Å². The fourth-order valence-electron chi connectivity index (χ4n) is 1.65. The Morgan fingerprint density at radius 1 is 1.14 bits per heavy atom. The average molecular weight is 306 g/mol. The molecule has 5 nitrogen and oxygen atoms in total. The molecule has 0 atom stereocenters. The van der Waals surface area contributed by atoms with E-state index >= 15 is 0 Å². The third-order valence-corrected chi connectivity index (χ3v) is 2.81. The predicted molar refractivity (Wildman–Crippen MR) is 79.0 cm³/mol. The molecule has 0 aliphatic heterocycles. The van der Waals surface area contributed by atoms with Crippen LogP contribution >= 0.6 is 11.6 Å². The first-order valence-corrected chi connectivity index (χ1v) is 6.44. The minimum Gasteiger partial charge on any atom is -0.480 e. The highest BCUT2D eigenvalue weighted by atomic mass is 35.5. The van der Waals surface area contributed by atoms with Crippen LogP contribution in [0.1, 0.15) is 10.4 Å². The molecule has 0 aliphatic rings. The Labute approximate surface area is 126 Å². The Hall–Kier alpha value is -2.53. The number of anilines is 1. The predicted octanol–water partition coefficient (Wildman–Crippen LogP) is 3.06. The molecule has 0 heterocycles. The number of ether oxygens (including phenoxy) is 1. The van der Waals surface area contributed by atoms with Crippen molar-refractivity contribution in [1.82, 2.24) is 0 Å². The molecule has 2 aromatic carbocycles. The van der Waals surface area contributed by atoms with Crippen LogP contribution in [0.4, 0.5) is 5.69 Å². The Kier molecular flexibility index (Phi) is 4.79. The molecule has 0 unspecified atom stereocenters. The minimum absolute atomic E-state index is 0.242. The standard InChI is InChI=1S/C15H12ClNO4/c16-11-6-7-13(21-9-14(18)19)12(8-11)17-15(20)10-4-2-1-3-5-10/h1-8H,9H2,(H,17,20)(H,18,19). The number of carbonyl (C=O) groups is 2. The summed E-state index contributed by atoms with van der Waals surface area (Å²) in [5.41, 5.74) is 0.791. The summed E-state index contributed by atoms with van der Waals surface area (Å²) in [5.74, 6) is -1.20. The SMILES string of the molecule is O=C(O)COc1ccc(Cl)cc1NC(=O)c1ccccc1. The molecule has 0 spiro atoms. The molecule has 0 saturated carbocycles. The number of nitrogens with one attached hydrogen (secondary N) is 1. The molecule has 2 aromatic rings. The summed E-state index contributed by atoms with van der Waals surface area (Å²) in [5, 5.41) is 11.7. The van der Waals surface area contributed by atoms with Gasteiger partial charge in [-0.25, -0.2) is 4.79 Å². The average Bonchev–Trinajstić information content (AvgIpc) is 2.47. The van der Waals surface area contributed by atoms with Gasteiger partial charge < -0.3 is 15.2 Å². The highest BCUT2D eigenvalue weighted by Gasteiger charge is 2.11. The Morgan fingerprint density at radius 3 is 2.52 bits per heavy atom. The second-order valence-electron chi connectivity index (χ2n) is 4.14. The van der Waals surface area contributed by atoms with E-state index in [1.165, 1.54) is 12.1 Å². The first kappa shape index (κ1) is 14.9. The molecule has 0 radical (unpaired) electrons. The van der Waals surface area contributed by atoms with Crippen LogP contribution in [-0.4, -0.2) is 23.6 Å². The van der Waals surface area contributed by atoms with Gasteiger partial charge >= 0.3 is 5.97 Å². The second-order valence-corrected chi connectivity index (χ2v) is 4.58. The molecule has 21 heavy (non-hydrogen) atoms. The van der Waals surface area contributed by atoms with Crippen LogP contribution in [0.3, 0.4) is 0 Å². The van der Waals surface area contributed by atoms with Gasteiger partial charge in [0.1, 0.15) is 5.75 Å². The third-order valence-electron chi connectivity index (χ3n) is 2.58. The van der Waals surface area contributed by atoms with Crippen LogP contribution in [0, 0.1) is 0 Å². The van der Waals surface area contributed by atoms with Crippen molar-refractivity contribution >= 4 is 29.2 Å². The Morgan fingerprint density at radius 2 is 1.86 bits per heavy atom. The molecule has 0 aliphatic carbocycles. The summed E-state index contributed by atoms with van der Waals surface area (Å²) < 4.78 is 5.12. The van der Waals surface area contributed by atoms with Gasteiger partial charge in [0.25, 0.3) is 5.91 Å². The number of carbonyl (C=O) groups excluding carboxylic acids is 1. The zero-order valence-electron chi connectivity index (χ0n) is 10.9. The highest BCUT2D eigenvalue weighted by molar-refractivity contribution is 6.31. The number of hydrogen-bond acceptors (Lipinski definition) is 3. The molecule has 2 N–H and O–H groups in total. The van der Waals surface area contributed by atoms with E-state index in [-0.39, 0.29) is 11.7 Å². The maximum absolute atomic E-state index is 12.1. The van der Waals surface area contributed by atoms with Crippen molar-refractivity contribution in [2.75, 3.05) is 11.9 Å². The zero-order chi connectivity index (χ0) is 15.2. The topological polar surface area (TPSA) is 75.6 Å². The molecular weight excluding hydrogens is 294 g/mol. The molecule has 1 amide bonds. The van der Waals surface area contributed by atoms with Crippen molar-refractivity contribution in [3.05, 3.63) is 59.1 Å². The van der Waals surface area contributed by atoms with Gasteiger partial charge in [0.15, 0.2) is 6.61 Å². The van der Waals surface area contributed by atoms with Crippen LogP contribution < -0.4 is 10.1 Å². The van der Waals surface area contributed by atoms with E-state index in [2.05, 4.69) is 5.32 Å². The van der Waals surface area contributed by atoms with Crippen molar-refractivity contribution in [3.8, 4) is 5.75 Å². The van der Waals surface area contributed by atoms with Gasteiger partial charge in [-0.3, -0.25) is 4.79 Å². The molecule has 0 fully saturated rings. The maximum Gasteiger partial charge on any atom is 0.341 e. The second kappa shape index (κ2) is 6.76. The van der Waals surface area contributed by atoms with Crippen molar-refractivity contribution < 1.29 is 19.4 Å². The van der Waals surface area contributed by atoms with E-state index in [0.717, 1.165) is 0 Å². The van der Waals surface area contributed by atoms with E-state index in [4.69, 9.17) is 21.4 Å². The zero-order valence-corrected chi connectivity index (χ0v) is 11.6. The summed E-state index contributed by atoms with van der Waals surface area (Å²) in [6.45, 7) is -0.504. The van der Waals surface area contributed by atoms with Crippen LogP contribution in [0.5, 0.6) is 5.75 Å². The van der Waals surface area contributed by atoms with Crippen LogP contribution in [-0.2, 0) is 4.79 Å².